The normalized spacial score (nSPS) is 25.2. The minimum absolute atomic E-state index is 0.0854. The van der Waals surface area contributed by atoms with E-state index >= 15 is 0 Å². The maximum absolute atomic E-state index is 13.6. The number of halogens is 1. The highest BCUT2D eigenvalue weighted by molar-refractivity contribution is 5.91. The number of hydrogen-bond donors (Lipinski definition) is 2. The summed E-state index contributed by atoms with van der Waals surface area (Å²) in [7, 11) is 0. The van der Waals surface area contributed by atoms with Crippen LogP contribution in [0.1, 0.15) is 51.3 Å². The lowest BCUT2D eigenvalue weighted by Gasteiger charge is -2.27. The Balaban J connectivity index is 1.60. The van der Waals surface area contributed by atoms with E-state index in [4.69, 9.17) is 9.47 Å². The van der Waals surface area contributed by atoms with E-state index in [1.165, 1.54) is 12.1 Å². The Bertz CT molecular complexity index is 1140. The highest BCUT2D eigenvalue weighted by atomic mass is 19.1. The van der Waals surface area contributed by atoms with E-state index in [1.807, 2.05) is 0 Å². The summed E-state index contributed by atoms with van der Waals surface area (Å²) >= 11 is 0. The Kier molecular flexibility index (Phi) is 4.88. The van der Waals surface area contributed by atoms with E-state index in [2.05, 4.69) is 9.98 Å². The van der Waals surface area contributed by atoms with Crippen molar-refractivity contribution in [2.75, 3.05) is 6.61 Å². The van der Waals surface area contributed by atoms with Gasteiger partial charge in [0, 0.05) is 23.8 Å². The molecule has 33 heavy (non-hydrogen) atoms. The predicted molar refractivity (Wildman–Crippen MR) is 119 cm³/mol. The summed E-state index contributed by atoms with van der Waals surface area (Å²) in [6.07, 6.45) is 2.87. The van der Waals surface area contributed by atoms with Gasteiger partial charge in [0.2, 0.25) is 0 Å². The summed E-state index contributed by atoms with van der Waals surface area (Å²) in [6.45, 7) is 4.85. The van der Waals surface area contributed by atoms with Gasteiger partial charge in [-0.05, 0) is 69.9 Å². The van der Waals surface area contributed by atoms with Gasteiger partial charge in [0.05, 0.1) is 17.7 Å². The number of amides is 1. The molecule has 3 aliphatic rings. The molecule has 2 unspecified atom stereocenters. The summed E-state index contributed by atoms with van der Waals surface area (Å²) < 4.78 is 25.0. The number of hydrogen-bond acceptors (Lipinski definition) is 6. The molecular weight excluding hydrogens is 427 g/mol. The zero-order valence-corrected chi connectivity index (χ0v) is 18.8. The van der Waals surface area contributed by atoms with Crippen LogP contribution in [0.5, 0.6) is 5.75 Å². The molecule has 1 amide bonds. The highest BCUT2D eigenvalue weighted by Gasteiger charge is 2.64. The van der Waals surface area contributed by atoms with Crippen molar-refractivity contribution in [3.8, 4) is 17.0 Å². The van der Waals surface area contributed by atoms with E-state index in [0.29, 0.717) is 29.1 Å². The number of fused-ring (bicyclic) bond motifs is 3. The number of aliphatic hydroxyl groups is 2. The molecule has 7 nitrogen and oxygen atoms in total. The first-order valence-corrected chi connectivity index (χ1v) is 11.2. The second kappa shape index (κ2) is 7.33. The highest BCUT2D eigenvalue weighted by Crippen LogP contribution is 2.60. The molecule has 0 saturated heterocycles. The molecule has 8 heteroatoms. The van der Waals surface area contributed by atoms with Gasteiger partial charge in [-0.25, -0.2) is 14.2 Å². The molecule has 2 heterocycles. The number of benzene rings is 1. The van der Waals surface area contributed by atoms with Gasteiger partial charge < -0.3 is 19.7 Å². The van der Waals surface area contributed by atoms with Crippen LogP contribution < -0.4 is 4.74 Å². The number of aliphatic hydroxyl groups excluding tert-OH is 1. The quantitative estimate of drug-likeness (QED) is 0.665. The second-order valence-electron chi connectivity index (χ2n) is 10.2. The van der Waals surface area contributed by atoms with Gasteiger partial charge in [-0.15, -0.1) is 0 Å². The molecule has 2 fully saturated rings. The van der Waals surface area contributed by atoms with Crippen molar-refractivity contribution < 1.29 is 28.9 Å². The lowest BCUT2D eigenvalue weighted by molar-refractivity contribution is -0.0418. The third-order valence-corrected chi connectivity index (χ3v) is 6.52. The lowest BCUT2D eigenvalue weighted by atomic mass is 9.88. The third kappa shape index (κ3) is 3.81. The fraction of sp³-hybridized carbons (Fsp3) is 0.480. The first-order valence-electron chi connectivity index (χ1n) is 11.2. The van der Waals surface area contributed by atoms with E-state index in [-0.39, 0.29) is 17.8 Å². The van der Waals surface area contributed by atoms with E-state index in [9.17, 15) is 19.4 Å². The van der Waals surface area contributed by atoms with Crippen LogP contribution >= 0.6 is 0 Å². The van der Waals surface area contributed by atoms with Gasteiger partial charge >= 0.3 is 6.09 Å². The minimum atomic E-state index is -1.49. The number of aliphatic imine (C=N–C) groups is 1. The van der Waals surface area contributed by atoms with Crippen molar-refractivity contribution in [1.82, 2.24) is 4.98 Å². The van der Waals surface area contributed by atoms with Crippen LogP contribution in [0.15, 0.2) is 35.3 Å². The summed E-state index contributed by atoms with van der Waals surface area (Å²) in [5.41, 5.74) is -0.603. The summed E-state index contributed by atoms with van der Waals surface area (Å²) in [5.74, 6) is 0.0623. The maximum Gasteiger partial charge on any atom is 0.433 e. The lowest BCUT2D eigenvalue weighted by Crippen LogP contribution is -2.34. The van der Waals surface area contributed by atoms with E-state index in [0.717, 1.165) is 18.4 Å². The van der Waals surface area contributed by atoms with Crippen molar-refractivity contribution in [2.45, 2.75) is 62.8 Å². The van der Waals surface area contributed by atoms with Crippen molar-refractivity contribution >= 4 is 12.3 Å². The molecule has 2 N–H and O–H groups in total. The molecule has 2 saturated carbocycles. The molecule has 2 aliphatic carbocycles. The second-order valence-corrected chi connectivity index (χ2v) is 10.2. The van der Waals surface area contributed by atoms with Crippen molar-refractivity contribution in [3.05, 3.63) is 47.4 Å². The maximum atomic E-state index is 13.6. The smallest absolute Gasteiger partial charge is 0.433 e. The average molecular weight is 454 g/mol. The van der Waals surface area contributed by atoms with E-state index in [1.54, 1.807) is 45.2 Å². The molecule has 0 bridgehead atoms. The van der Waals surface area contributed by atoms with Crippen LogP contribution in [0, 0.1) is 11.7 Å². The molecule has 0 spiro atoms. The number of pyridine rings is 1. The number of aromatic nitrogens is 1. The van der Waals surface area contributed by atoms with Crippen LogP contribution in [0.3, 0.4) is 0 Å². The molecule has 5 rings (SSSR count). The van der Waals surface area contributed by atoms with Gasteiger partial charge in [-0.1, -0.05) is 0 Å². The standard InChI is InChI=1S/C25H27FN2O5/c1-23(2,3)33-22(30)27-12-24-11-19(24)32-21-17(24)10-18(25(31,13-29)15-6-7-15)28-20(21)14-4-8-16(26)9-5-14/h4-5,8-10,12,15,19,29,31H,6-7,11,13H2,1-3H3/t19?,24-,25?/m1/s1. The summed E-state index contributed by atoms with van der Waals surface area (Å²) in [4.78, 5) is 20.9. The molecule has 0 radical (unpaired) electrons. The van der Waals surface area contributed by atoms with Crippen LogP contribution in [0.4, 0.5) is 9.18 Å². The van der Waals surface area contributed by atoms with Crippen molar-refractivity contribution in [1.29, 1.82) is 0 Å². The first kappa shape index (κ1) is 22.0. The Morgan fingerprint density at radius 1 is 1.33 bits per heavy atom. The summed E-state index contributed by atoms with van der Waals surface area (Å²) in [5, 5.41) is 21.3. The first-order chi connectivity index (χ1) is 15.6. The van der Waals surface area contributed by atoms with Crippen molar-refractivity contribution in [2.24, 2.45) is 10.9 Å². The Labute approximate surface area is 191 Å². The Morgan fingerprint density at radius 2 is 2.03 bits per heavy atom. The topological polar surface area (TPSA) is 101 Å². The zero-order chi connectivity index (χ0) is 23.6. The SMILES string of the molecule is CC(C)(C)OC(=O)N=C[C@@]12CC1Oc1c2cc(C(O)(CO)C2CC2)nc1-c1ccc(F)cc1. The average Bonchev–Trinajstić information content (AvgIpc) is 3.68. The zero-order valence-electron chi connectivity index (χ0n) is 18.8. The molecule has 174 valence electrons. The molecule has 2 aromatic rings. The number of ether oxygens (including phenoxy) is 2. The molecule has 1 aromatic heterocycles. The molecule has 3 atom stereocenters. The van der Waals surface area contributed by atoms with Gasteiger partial charge in [0.25, 0.3) is 0 Å². The Morgan fingerprint density at radius 3 is 2.64 bits per heavy atom. The van der Waals surface area contributed by atoms with E-state index < -0.39 is 29.3 Å². The van der Waals surface area contributed by atoms with Gasteiger partial charge in [0.15, 0.2) is 0 Å². The van der Waals surface area contributed by atoms with Crippen molar-refractivity contribution in [3.63, 3.8) is 0 Å². The molecule has 1 aromatic carbocycles. The van der Waals surface area contributed by atoms with Crippen LogP contribution in [-0.2, 0) is 15.8 Å². The fourth-order valence-corrected chi connectivity index (χ4v) is 4.49. The monoisotopic (exact) mass is 454 g/mol. The van der Waals surface area contributed by atoms with Crippen LogP contribution in [0.25, 0.3) is 11.3 Å². The third-order valence-electron chi connectivity index (χ3n) is 6.52. The van der Waals surface area contributed by atoms with Crippen LogP contribution in [0.2, 0.25) is 0 Å². The number of carbonyl (C=O) groups excluding carboxylic acids is 1. The fourth-order valence-electron chi connectivity index (χ4n) is 4.49. The van der Waals surface area contributed by atoms with Gasteiger partial charge in [0.1, 0.15) is 34.6 Å². The number of rotatable bonds is 5. The minimum Gasteiger partial charge on any atom is -0.486 e. The molecular formula is C25H27FN2O5. The van der Waals surface area contributed by atoms with Gasteiger partial charge in [-0.2, -0.15) is 4.99 Å². The number of nitrogens with zero attached hydrogens (tertiary/aromatic N) is 2. The largest absolute Gasteiger partial charge is 0.486 e. The molecule has 1 aliphatic heterocycles. The Hall–Kier alpha value is -2.84. The van der Waals surface area contributed by atoms with Crippen LogP contribution in [-0.4, -0.2) is 45.8 Å². The number of carbonyl (C=O) groups is 1. The van der Waals surface area contributed by atoms with Gasteiger partial charge in [-0.3, -0.25) is 0 Å². The predicted octanol–water partition coefficient (Wildman–Crippen LogP) is 3.89. The summed E-state index contributed by atoms with van der Waals surface area (Å²) in [6, 6.07) is 7.64.